The zero-order chi connectivity index (χ0) is 15.2. The van der Waals surface area contributed by atoms with Gasteiger partial charge in [-0.2, -0.15) is 0 Å². The van der Waals surface area contributed by atoms with Crippen LogP contribution in [0.4, 0.5) is 8.78 Å². The van der Waals surface area contributed by atoms with Crippen molar-refractivity contribution in [2.24, 2.45) is 5.92 Å². The van der Waals surface area contributed by atoms with Gasteiger partial charge in [0.1, 0.15) is 0 Å². The molecule has 1 heterocycles. The first-order chi connectivity index (χ1) is 10.1. The van der Waals surface area contributed by atoms with Crippen LogP contribution >= 0.6 is 0 Å². The Morgan fingerprint density at radius 3 is 2.71 bits per heavy atom. The Hall–Kier alpha value is -1.49. The molecular weight excluding hydrogens is 274 g/mol. The molecule has 116 valence electrons. The summed E-state index contributed by atoms with van der Waals surface area (Å²) in [6.07, 6.45) is 3.08. The first kappa shape index (κ1) is 15.9. The molecule has 0 bridgehead atoms. The number of piperidine rings is 1. The lowest BCUT2D eigenvalue weighted by molar-refractivity contribution is -0.126. The molecule has 0 saturated carbocycles. The molecule has 0 spiro atoms. The number of nitrogens with one attached hydrogen (secondary N) is 2. The van der Waals surface area contributed by atoms with Crippen molar-refractivity contribution in [2.75, 3.05) is 13.1 Å². The number of hydrogen-bond donors (Lipinski definition) is 2. The second kappa shape index (κ2) is 7.50. The largest absolute Gasteiger partial charge is 0.353 e. The Morgan fingerprint density at radius 1 is 1.33 bits per heavy atom. The fraction of sp³-hybridized carbons (Fsp3) is 0.562. The molecule has 0 aromatic heterocycles. The second-order valence-corrected chi connectivity index (χ2v) is 5.72. The number of amides is 1. The van der Waals surface area contributed by atoms with E-state index in [9.17, 15) is 13.6 Å². The highest BCUT2D eigenvalue weighted by Crippen LogP contribution is 2.14. The monoisotopic (exact) mass is 296 g/mol. The van der Waals surface area contributed by atoms with Gasteiger partial charge in [-0.1, -0.05) is 6.07 Å². The number of benzene rings is 1. The van der Waals surface area contributed by atoms with Gasteiger partial charge in [0.15, 0.2) is 11.6 Å². The van der Waals surface area contributed by atoms with E-state index in [4.69, 9.17) is 0 Å². The summed E-state index contributed by atoms with van der Waals surface area (Å²) < 4.78 is 25.9. The number of rotatable bonds is 5. The van der Waals surface area contributed by atoms with E-state index in [-0.39, 0.29) is 17.9 Å². The van der Waals surface area contributed by atoms with E-state index in [1.54, 1.807) is 6.07 Å². The molecule has 1 atom stereocenters. The predicted octanol–water partition coefficient (Wildman–Crippen LogP) is 2.40. The van der Waals surface area contributed by atoms with Gasteiger partial charge in [-0.25, -0.2) is 8.78 Å². The standard InChI is InChI=1S/C16H22F2N2O/c1-11(20-16(21)13-6-8-19-9-7-13)2-3-12-4-5-14(17)15(18)10-12/h4-5,10-11,13,19H,2-3,6-9H2,1H3,(H,20,21). The summed E-state index contributed by atoms with van der Waals surface area (Å²) in [4.78, 5) is 12.1. The van der Waals surface area contributed by atoms with Gasteiger partial charge in [0.05, 0.1) is 0 Å². The molecule has 0 radical (unpaired) electrons. The number of carbonyl (C=O) groups is 1. The molecule has 5 heteroatoms. The van der Waals surface area contributed by atoms with Crippen LogP contribution in [-0.4, -0.2) is 25.0 Å². The van der Waals surface area contributed by atoms with Gasteiger partial charge < -0.3 is 10.6 Å². The average Bonchev–Trinajstić information content (AvgIpc) is 2.49. The van der Waals surface area contributed by atoms with Crippen LogP contribution in [0.2, 0.25) is 0 Å². The van der Waals surface area contributed by atoms with Gasteiger partial charge in [-0.15, -0.1) is 0 Å². The maximum atomic E-state index is 13.1. The van der Waals surface area contributed by atoms with Crippen molar-refractivity contribution in [3.05, 3.63) is 35.4 Å². The van der Waals surface area contributed by atoms with E-state index < -0.39 is 11.6 Å². The molecule has 0 aliphatic carbocycles. The van der Waals surface area contributed by atoms with Gasteiger partial charge in [-0.05, 0) is 63.4 Å². The number of carbonyl (C=O) groups excluding carboxylic acids is 1. The third-order valence-electron chi connectivity index (χ3n) is 3.95. The van der Waals surface area contributed by atoms with Crippen LogP contribution in [-0.2, 0) is 11.2 Å². The minimum atomic E-state index is -0.828. The third-order valence-corrected chi connectivity index (χ3v) is 3.95. The normalized spacial score (nSPS) is 17.5. The molecule has 1 fully saturated rings. The van der Waals surface area contributed by atoms with E-state index in [0.717, 1.165) is 37.6 Å². The molecule has 1 aromatic carbocycles. The summed E-state index contributed by atoms with van der Waals surface area (Å²) in [5, 5.41) is 6.24. The van der Waals surface area contributed by atoms with Crippen molar-refractivity contribution in [1.29, 1.82) is 0 Å². The van der Waals surface area contributed by atoms with Crippen LogP contribution < -0.4 is 10.6 Å². The Balaban J connectivity index is 1.77. The van der Waals surface area contributed by atoms with Gasteiger partial charge in [0, 0.05) is 12.0 Å². The number of halogens is 2. The summed E-state index contributed by atoms with van der Waals surface area (Å²) in [5.74, 6) is -1.45. The lowest BCUT2D eigenvalue weighted by Crippen LogP contribution is -2.41. The van der Waals surface area contributed by atoms with Crippen LogP contribution in [0, 0.1) is 17.6 Å². The second-order valence-electron chi connectivity index (χ2n) is 5.72. The highest BCUT2D eigenvalue weighted by Gasteiger charge is 2.21. The van der Waals surface area contributed by atoms with Crippen LogP contribution in [0.3, 0.4) is 0 Å². The molecular formula is C16H22F2N2O. The van der Waals surface area contributed by atoms with E-state index in [1.807, 2.05) is 6.92 Å². The van der Waals surface area contributed by atoms with Crippen LogP contribution in [0.25, 0.3) is 0 Å². The van der Waals surface area contributed by atoms with Crippen molar-refractivity contribution in [3.63, 3.8) is 0 Å². The average molecular weight is 296 g/mol. The van der Waals surface area contributed by atoms with Crippen LogP contribution in [0.5, 0.6) is 0 Å². The smallest absolute Gasteiger partial charge is 0.223 e. The third kappa shape index (κ3) is 4.77. The Labute approximate surface area is 124 Å². The van der Waals surface area contributed by atoms with Crippen molar-refractivity contribution in [2.45, 2.75) is 38.6 Å². The minimum Gasteiger partial charge on any atom is -0.353 e. The highest BCUT2D eigenvalue weighted by molar-refractivity contribution is 5.79. The first-order valence-electron chi connectivity index (χ1n) is 7.51. The molecule has 21 heavy (non-hydrogen) atoms. The number of aryl methyl sites for hydroxylation is 1. The summed E-state index contributed by atoms with van der Waals surface area (Å²) in [7, 11) is 0. The van der Waals surface area contributed by atoms with E-state index in [1.165, 1.54) is 6.07 Å². The van der Waals surface area contributed by atoms with Gasteiger partial charge in [0.2, 0.25) is 5.91 Å². The molecule has 1 aliphatic heterocycles. The fourth-order valence-electron chi connectivity index (χ4n) is 2.60. The zero-order valence-corrected chi connectivity index (χ0v) is 12.3. The molecule has 1 unspecified atom stereocenters. The lowest BCUT2D eigenvalue weighted by Gasteiger charge is -2.24. The summed E-state index contributed by atoms with van der Waals surface area (Å²) in [6.45, 7) is 3.72. The summed E-state index contributed by atoms with van der Waals surface area (Å²) >= 11 is 0. The predicted molar refractivity (Wildman–Crippen MR) is 77.9 cm³/mol. The van der Waals surface area contributed by atoms with Gasteiger partial charge in [0.25, 0.3) is 0 Å². The SMILES string of the molecule is CC(CCc1ccc(F)c(F)c1)NC(=O)C1CCNCC1. The summed E-state index contributed by atoms with van der Waals surface area (Å²) in [6, 6.07) is 3.97. The summed E-state index contributed by atoms with van der Waals surface area (Å²) in [5.41, 5.74) is 0.747. The highest BCUT2D eigenvalue weighted by atomic mass is 19.2. The molecule has 2 rings (SSSR count). The topological polar surface area (TPSA) is 41.1 Å². The van der Waals surface area contributed by atoms with Crippen molar-refractivity contribution in [1.82, 2.24) is 10.6 Å². The Kier molecular flexibility index (Phi) is 5.67. The zero-order valence-electron chi connectivity index (χ0n) is 12.3. The molecule has 3 nitrogen and oxygen atoms in total. The van der Waals surface area contributed by atoms with E-state index in [2.05, 4.69) is 10.6 Å². The van der Waals surface area contributed by atoms with Gasteiger partial charge >= 0.3 is 0 Å². The molecule has 1 aromatic rings. The lowest BCUT2D eigenvalue weighted by atomic mass is 9.96. The quantitative estimate of drug-likeness (QED) is 0.876. The molecule has 1 amide bonds. The Morgan fingerprint density at radius 2 is 2.05 bits per heavy atom. The molecule has 1 saturated heterocycles. The fourth-order valence-corrected chi connectivity index (χ4v) is 2.60. The van der Waals surface area contributed by atoms with Crippen LogP contribution in [0.1, 0.15) is 31.7 Å². The van der Waals surface area contributed by atoms with E-state index >= 15 is 0 Å². The van der Waals surface area contributed by atoms with Crippen molar-refractivity contribution >= 4 is 5.91 Å². The minimum absolute atomic E-state index is 0.0282. The van der Waals surface area contributed by atoms with Crippen molar-refractivity contribution in [3.8, 4) is 0 Å². The van der Waals surface area contributed by atoms with Gasteiger partial charge in [-0.3, -0.25) is 4.79 Å². The Bertz CT molecular complexity index is 487. The molecule has 2 N–H and O–H groups in total. The van der Waals surface area contributed by atoms with Crippen LogP contribution in [0.15, 0.2) is 18.2 Å². The first-order valence-corrected chi connectivity index (χ1v) is 7.51. The maximum absolute atomic E-state index is 13.1. The number of hydrogen-bond acceptors (Lipinski definition) is 2. The molecule has 1 aliphatic rings. The van der Waals surface area contributed by atoms with E-state index in [0.29, 0.717) is 12.8 Å². The maximum Gasteiger partial charge on any atom is 0.223 e. The van der Waals surface area contributed by atoms with Crippen molar-refractivity contribution < 1.29 is 13.6 Å².